The number of hydrogen-bond acceptors (Lipinski definition) is 5. The topological polar surface area (TPSA) is 87.7 Å². The summed E-state index contributed by atoms with van der Waals surface area (Å²) in [5.74, 6) is -1.21. The highest BCUT2D eigenvalue weighted by Crippen LogP contribution is 2.27. The predicted octanol–water partition coefficient (Wildman–Crippen LogP) is 5.38. The van der Waals surface area contributed by atoms with Gasteiger partial charge in [-0.3, -0.25) is 14.5 Å². The molecule has 0 aliphatic rings. The lowest BCUT2D eigenvalue weighted by atomic mass is 9.98. The first kappa shape index (κ1) is 28.6. The molecule has 7 nitrogen and oxygen atoms in total. The van der Waals surface area contributed by atoms with Crippen molar-refractivity contribution < 1.29 is 19.1 Å². The fraction of sp³-hybridized carbons (Fsp3) is 0.300. The second kappa shape index (κ2) is 12.1. The first-order valence-corrected chi connectivity index (χ1v) is 12.8. The molecule has 0 radical (unpaired) electrons. The van der Waals surface area contributed by atoms with Crippen molar-refractivity contribution in [2.24, 2.45) is 0 Å². The molecule has 0 heterocycles. The van der Waals surface area contributed by atoms with Gasteiger partial charge in [-0.2, -0.15) is 12.6 Å². The standard InChI is InChI=1S/C30H33N3O4S/c1-7-33(28(35)25(18-38)32-29(36)37-30(4,5)6)26(23-13-12-19(2)20(3)16-23)27(34)31-24-15-14-21-10-8-9-11-22(21)17-24/h1,8-17,25-26,38H,18H2,2-6H3,(H,31,34)(H,32,36). The van der Waals surface area contributed by atoms with E-state index < -0.39 is 35.6 Å². The first-order chi connectivity index (χ1) is 17.9. The molecular formula is C30H33N3O4S. The predicted molar refractivity (Wildman–Crippen MR) is 154 cm³/mol. The lowest BCUT2D eigenvalue weighted by molar-refractivity contribution is -0.136. The van der Waals surface area contributed by atoms with Gasteiger partial charge in [-0.05, 0) is 74.2 Å². The van der Waals surface area contributed by atoms with Gasteiger partial charge in [0.05, 0.1) is 0 Å². The summed E-state index contributed by atoms with van der Waals surface area (Å²) in [6.07, 6.45) is 5.03. The number of carbonyl (C=O) groups excluding carboxylic acids is 3. The van der Waals surface area contributed by atoms with E-state index in [-0.39, 0.29) is 5.75 Å². The van der Waals surface area contributed by atoms with Gasteiger partial charge in [-0.15, -0.1) is 0 Å². The van der Waals surface area contributed by atoms with Crippen molar-refractivity contribution in [3.63, 3.8) is 0 Å². The van der Waals surface area contributed by atoms with Crippen molar-refractivity contribution in [1.29, 1.82) is 0 Å². The summed E-state index contributed by atoms with van der Waals surface area (Å²) in [5, 5.41) is 7.41. The molecular weight excluding hydrogens is 498 g/mol. The number of hydrogen-bond donors (Lipinski definition) is 3. The summed E-state index contributed by atoms with van der Waals surface area (Å²) in [7, 11) is 0. The molecule has 2 atom stereocenters. The molecule has 3 rings (SSSR count). The van der Waals surface area contributed by atoms with Crippen LogP contribution in [-0.4, -0.2) is 40.2 Å². The SMILES string of the molecule is C#CN(C(=O)C(CS)NC(=O)OC(C)(C)C)C(C(=O)Nc1ccc2ccccc2c1)c1ccc(C)c(C)c1. The Labute approximate surface area is 229 Å². The fourth-order valence-electron chi connectivity index (χ4n) is 3.90. The van der Waals surface area contributed by atoms with E-state index in [2.05, 4.69) is 29.3 Å². The van der Waals surface area contributed by atoms with Crippen LogP contribution in [0, 0.1) is 26.3 Å². The maximum atomic E-state index is 13.7. The van der Waals surface area contributed by atoms with Gasteiger partial charge in [-0.1, -0.05) is 55.0 Å². The van der Waals surface area contributed by atoms with Crippen LogP contribution < -0.4 is 10.6 Å². The molecule has 0 aromatic heterocycles. The average Bonchev–Trinajstić information content (AvgIpc) is 2.86. The van der Waals surface area contributed by atoms with Crippen LogP contribution in [0.3, 0.4) is 0 Å². The normalized spacial score (nSPS) is 12.7. The Hall–Kier alpha value is -3.96. The first-order valence-electron chi connectivity index (χ1n) is 12.2. The van der Waals surface area contributed by atoms with E-state index >= 15 is 0 Å². The lowest BCUT2D eigenvalue weighted by Gasteiger charge is -2.30. The Balaban J connectivity index is 1.96. The lowest BCUT2D eigenvalue weighted by Crippen LogP contribution is -2.51. The number of thiol groups is 1. The fourth-order valence-corrected chi connectivity index (χ4v) is 4.15. The Morgan fingerprint density at radius 2 is 1.68 bits per heavy atom. The summed E-state index contributed by atoms with van der Waals surface area (Å²) in [6, 6.07) is 18.9. The van der Waals surface area contributed by atoms with Crippen molar-refractivity contribution in [3.8, 4) is 12.5 Å². The molecule has 3 aromatic carbocycles. The van der Waals surface area contributed by atoms with E-state index in [1.807, 2.05) is 62.4 Å². The quantitative estimate of drug-likeness (QED) is 0.217. The number of rotatable bonds is 7. The maximum Gasteiger partial charge on any atom is 0.408 e. The van der Waals surface area contributed by atoms with E-state index in [9.17, 15) is 14.4 Å². The molecule has 2 N–H and O–H groups in total. The Kier molecular flexibility index (Phi) is 9.08. The summed E-state index contributed by atoms with van der Waals surface area (Å²) >= 11 is 4.24. The Morgan fingerprint density at radius 1 is 1.00 bits per heavy atom. The molecule has 3 amide bonds. The molecule has 2 unspecified atom stereocenters. The van der Waals surface area contributed by atoms with Crippen LogP contribution in [-0.2, 0) is 14.3 Å². The van der Waals surface area contributed by atoms with E-state index in [0.717, 1.165) is 26.8 Å². The number of nitrogens with one attached hydrogen (secondary N) is 2. The minimum atomic E-state index is -1.17. The van der Waals surface area contributed by atoms with Gasteiger partial charge in [0.25, 0.3) is 11.8 Å². The molecule has 38 heavy (non-hydrogen) atoms. The highest BCUT2D eigenvalue weighted by Gasteiger charge is 2.35. The molecule has 0 saturated carbocycles. The molecule has 198 valence electrons. The van der Waals surface area contributed by atoms with E-state index in [1.54, 1.807) is 32.9 Å². The minimum Gasteiger partial charge on any atom is -0.444 e. The zero-order valence-corrected chi connectivity index (χ0v) is 23.1. The summed E-state index contributed by atoms with van der Waals surface area (Å²) < 4.78 is 5.28. The number of anilines is 1. The number of benzene rings is 3. The Morgan fingerprint density at radius 3 is 2.29 bits per heavy atom. The second-order valence-electron chi connectivity index (χ2n) is 10.0. The van der Waals surface area contributed by atoms with Gasteiger partial charge in [0.15, 0.2) is 0 Å². The third-order valence-electron chi connectivity index (χ3n) is 5.92. The summed E-state index contributed by atoms with van der Waals surface area (Å²) in [6.45, 7) is 9.01. The molecule has 0 aliphatic heterocycles. The Bertz CT molecular complexity index is 1390. The van der Waals surface area contributed by atoms with Crippen LogP contribution in [0.2, 0.25) is 0 Å². The van der Waals surface area contributed by atoms with Gasteiger partial charge < -0.3 is 15.4 Å². The number of aryl methyl sites for hydroxylation is 2. The van der Waals surface area contributed by atoms with Crippen molar-refractivity contribution in [1.82, 2.24) is 10.2 Å². The summed E-state index contributed by atoms with van der Waals surface area (Å²) in [4.78, 5) is 40.7. The number of alkyl carbamates (subject to hydrolysis) is 1. The minimum absolute atomic E-state index is 0.0534. The number of fused-ring (bicyclic) bond motifs is 1. The molecule has 0 aliphatic carbocycles. The zero-order chi connectivity index (χ0) is 28.0. The van der Waals surface area contributed by atoms with Crippen molar-refractivity contribution >= 4 is 47.0 Å². The monoisotopic (exact) mass is 531 g/mol. The van der Waals surface area contributed by atoms with Gasteiger partial charge >= 0.3 is 6.09 Å². The molecule has 8 heteroatoms. The van der Waals surface area contributed by atoms with Crippen LogP contribution >= 0.6 is 12.6 Å². The number of amides is 3. The molecule has 0 spiro atoms. The van der Waals surface area contributed by atoms with Gasteiger partial charge in [0, 0.05) is 17.5 Å². The van der Waals surface area contributed by atoms with Crippen LogP contribution in [0.1, 0.15) is 43.5 Å². The number of ether oxygens (including phenoxy) is 1. The average molecular weight is 532 g/mol. The van der Waals surface area contributed by atoms with Crippen LogP contribution in [0.25, 0.3) is 10.8 Å². The summed E-state index contributed by atoms with van der Waals surface area (Å²) in [5.41, 5.74) is 2.30. The molecule has 0 bridgehead atoms. The van der Waals surface area contributed by atoms with Crippen LogP contribution in [0.5, 0.6) is 0 Å². The highest BCUT2D eigenvalue weighted by molar-refractivity contribution is 7.80. The largest absolute Gasteiger partial charge is 0.444 e. The molecule has 3 aromatic rings. The van der Waals surface area contributed by atoms with Crippen LogP contribution in [0.15, 0.2) is 60.7 Å². The van der Waals surface area contributed by atoms with Crippen LogP contribution in [0.4, 0.5) is 10.5 Å². The zero-order valence-electron chi connectivity index (χ0n) is 22.2. The smallest absolute Gasteiger partial charge is 0.408 e. The number of terminal acetylenes is 1. The third kappa shape index (κ3) is 7.08. The van der Waals surface area contributed by atoms with Gasteiger partial charge in [-0.25, -0.2) is 4.79 Å². The van der Waals surface area contributed by atoms with Crippen molar-refractivity contribution in [3.05, 3.63) is 77.4 Å². The molecule has 0 fully saturated rings. The van der Waals surface area contributed by atoms with Crippen molar-refractivity contribution in [2.45, 2.75) is 52.3 Å². The van der Waals surface area contributed by atoms with E-state index in [4.69, 9.17) is 11.2 Å². The van der Waals surface area contributed by atoms with Crippen molar-refractivity contribution in [2.75, 3.05) is 11.1 Å². The highest BCUT2D eigenvalue weighted by atomic mass is 32.1. The van der Waals surface area contributed by atoms with Gasteiger partial charge in [0.2, 0.25) is 0 Å². The number of carbonyl (C=O) groups is 3. The van der Waals surface area contributed by atoms with E-state index in [1.165, 1.54) is 0 Å². The van der Waals surface area contributed by atoms with Gasteiger partial charge in [0.1, 0.15) is 17.7 Å². The third-order valence-corrected chi connectivity index (χ3v) is 6.28. The second-order valence-corrected chi connectivity index (χ2v) is 10.4. The number of nitrogens with zero attached hydrogens (tertiary/aromatic N) is 1. The van der Waals surface area contributed by atoms with E-state index in [0.29, 0.717) is 11.3 Å². The molecule has 0 saturated heterocycles. The maximum absolute atomic E-state index is 13.7.